The number of hydrogen-bond donors (Lipinski definition) is 2. The van der Waals surface area contributed by atoms with Gasteiger partial charge in [-0.15, -0.1) is 0 Å². The summed E-state index contributed by atoms with van der Waals surface area (Å²) >= 11 is 0. The molecule has 0 bridgehead atoms. The van der Waals surface area contributed by atoms with Crippen LogP contribution in [0.4, 0.5) is 0 Å². The second-order valence-corrected chi connectivity index (χ2v) is 9.12. The van der Waals surface area contributed by atoms with Crippen molar-refractivity contribution in [1.29, 1.82) is 0 Å². The van der Waals surface area contributed by atoms with Crippen molar-refractivity contribution >= 4 is 34.7 Å². The molecular weight excluding hydrogens is 393 g/mol. The Kier molecular flexibility index (Phi) is 4.37. The van der Waals surface area contributed by atoms with Crippen molar-refractivity contribution in [1.82, 2.24) is 4.57 Å². The van der Waals surface area contributed by atoms with E-state index in [0.717, 1.165) is 27.8 Å². The molecule has 0 aliphatic heterocycles. The molecule has 0 aliphatic carbocycles. The maximum Gasteiger partial charge on any atom is 0.356 e. The lowest BCUT2D eigenvalue weighted by atomic mass is 10.1. The van der Waals surface area contributed by atoms with Gasteiger partial charge in [0, 0.05) is 16.5 Å². The molecule has 5 aromatic rings. The maximum atomic E-state index is 11.5. The first-order valence-electron chi connectivity index (χ1n) is 9.69. The van der Waals surface area contributed by atoms with Crippen molar-refractivity contribution in [3.05, 3.63) is 96.6 Å². The molecule has 0 atom stereocenters. The van der Waals surface area contributed by atoms with Crippen LogP contribution in [-0.2, 0) is 4.57 Å². The monoisotopic (exact) mass is 413 g/mol. The summed E-state index contributed by atoms with van der Waals surface area (Å²) in [5, 5.41) is 2.47. The van der Waals surface area contributed by atoms with Gasteiger partial charge in [0.1, 0.15) is 0 Å². The molecule has 0 radical (unpaired) electrons. The van der Waals surface area contributed by atoms with E-state index in [0.29, 0.717) is 0 Å². The Balaban J connectivity index is 1.69. The second-order valence-electron chi connectivity index (χ2n) is 7.51. The van der Waals surface area contributed by atoms with Crippen molar-refractivity contribution in [3.63, 3.8) is 0 Å². The normalized spacial score (nSPS) is 12.0. The fourth-order valence-corrected chi connectivity index (χ4v) is 4.58. The molecule has 30 heavy (non-hydrogen) atoms. The van der Waals surface area contributed by atoms with Gasteiger partial charge in [0.2, 0.25) is 0 Å². The number of hydrogen-bond acceptors (Lipinski definition) is 1. The van der Waals surface area contributed by atoms with E-state index in [-0.39, 0.29) is 5.30 Å². The minimum absolute atomic E-state index is 0.0279. The van der Waals surface area contributed by atoms with Crippen molar-refractivity contribution in [3.8, 4) is 16.8 Å². The van der Waals surface area contributed by atoms with Gasteiger partial charge in [0.05, 0.1) is 16.3 Å². The highest BCUT2D eigenvalue weighted by atomic mass is 31.2. The SMILES string of the molecule is Cc1ccc2c(c1)c1ccccc1n2-c1cccc(-c2ccc(P(=O)(O)O)cc2)c1. The molecule has 2 N–H and O–H groups in total. The molecule has 0 aliphatic rings. The number of para-hydroxylation sites is 1. The highest BCUT2D eigenvalue weighted by Crippen LogP contribution is 2.35. The summed E-state index contributed by atoms with van der Waals surface area (Å²) in [5.74, 6) is 0. The maximum absolute atomic E-state index is 11.5. The fourth-order valence-electron chi connectivity index (χ4n) is 4.04. The van der Waals surface area contributed by atoms with Gasteiger partial charge in [-0.05, 0) is 60.5 Å². The number of nitrogens with zero attached hydrogens (tertiary/aromatic N) is 1. The van der Waals surface area contributed by atoms with E-state index in [1.165, 1.54) is 28.5 Å². The van der Waals surface area contributed by atoms with E-state index in [1.54, 1.807) is 12.1 Å². The largest absolute Gasteiger partial charge is 0.356 e. The van der Waals surface area contributed by atoms with Gasteiger partial charge in [-0.3, -0.25) is 4.57 Å². The van der Waals surface area contributed by atoms with E-state index in [2.05, 4.69) is 66.1 Å². The second kappa shape index (κ2) is 6.96. The van der Waals surface area contributed by atoms with Gasteiger partial charge in [-0.25, -0.2) is 0 Å². The number of aryl methyl sites for hydroxylation is 1. The molecule has 0 saturated carbocycles. The Morgan fingerprint density at radius 1 is 0.700 bits per heavy atom. The third-order valence-corrected chi connectivity index (χ3v) is 6.44. The van der Waals surface area contributed by atoms with E-state index < -0.39 is 7.60 Å². The zero-order valence-electron chi connectivity index (χ0n) is 16.4. The predicted octanol–water partition coefficient (Wildman–Crippen LogP) is 5.56. The summed E-state index contributed by atoms with van der Waals surface area (Å²) in [5.41, 5.74) is 6.46. The zero-order valence-corrected chi connectivity index (χ0v) is 17.3. The van der Waals surface area contributed by atoms with Gasteiger partial charge in [0.25, 0.3) is 0 Å². The van der Waals surface area contributed by atoms with Gasteiger partial charge in [-0.1, -0.05) is 54.1 Å². The average molecular weight is 413 g/mol. The highest BCUT2D eigenvalue weighted by Gasteiger charge is 2.17. The van der Waals surface area contributed by atoms with Gasteiger partial charge < -0.3 is 14.4 Å². The molecule has 1 heterocycles. The Labute approximate surface area is 174 Å². The van der Waals surface area contributed by atoms with Crippen LogP contribution in [0.25, 0.3) is 38.6 Å². The lowest BCUT2D eigenvalue weighted by Crippen LogP contribution is -2.02. The molecule has 5 heteroatoms. The summed E-state index contributed by atoms with van der Waals surface area (Å²) in [6, 6.07) is 29.6. The summed E-state index contributed by atoms with van der Waals surface area (Å²) in [7, 11) is -4.24. The van der Waals surface area contributed by atoms with E-state index in [1.807, 2.05) is 12.1 Å². The smallest absolute Gasteiger partial charge is 0.321 e. The molecule has 1 aromatic heterocycles. The number of rotatable bonds is 3. The van der Waals surface area contributed by atoms with E-state index in [4.69, 9.17) is 0 Å². The topological polar surface area (TPSA) is 62.5 Å². The van der Waals surface area contributed by atoms with Crippen molar-refractivity contribution in [2.45, 2.75) is 6.92 Å². The summed E-state index contributed by atoms with van der Waals surface area (Å²) < 4.78 is 13.7. The Bertz CT molecular complexity index is 1450. The van der Waals surface area contributed by atoms with E-state index >= 15 is 0 Å². The van der Waals surface area contributed by atoms with Crippen LogP contribution in [0.1, 0.15) is 5.56 Å². The molecule has 0 spiro atoms. The summed E-state index contributed by atoms with van der Waals surface area (Å²) in [6.07, 6.45) is 0. The quantitative estimate of drug-likeness (QED) is 0.381. The van der Waals surface area contributed by atoms with E-state index in [9.17, 15) is 14.4 Å². The lowest BCUT2D eigenvalue weighted by Gasteiger charge is -2.11. The van der Waals surface area contributed by atoms with Crippen LogP contribution < -0.4 is 5.30 Å². The minimum atomic E-state index is -4.24. The van der Waals surface area contributed by atoms with Crippen LogP contribution in [0, 0.1) is 6.92 Å². The molecular formula is C25H20NO3P. The van der Waals surface area contributed by atoms with Gasteiger partial charge in [-0.2, -0.15) is 0 Å². The Hall–Kier alpha value is -3.17. The van der Waals surface area contributed by atoms with Gasteiger partial charge in [0.15, 0.2) is 0 Å². The fraction of sp³-hybridized carbons (Fsp3) is 0.0400. The van der Waals surface area contributed by atoms with Crippen LogP contribution in [0.5, 0.6) is 0 Å². The first-order valence-corrected chi connectivity index (χ1v) is 11.3. The molecule has 4 aromatic carbocycles. The molecule has 0 unspecified atom stereocenters. The standard InChI is InChI=1S/C25H20NO3P/c1-17-9-14-25-23(15-17)22-7-2-3-8-24(22)26(25)20-6-4-5-19(16-20)18-10-12-21(13-11-18)30(27,28)29/h2-16H,1H3,(H2,27,28,29). The zero-order chi connectivity index (χ0) is 20.9. The summed E-state index contributed by atoms with van der Waals surface area (Å²) in [6.45, 7) is 2.10. The molecule has 0 fully saturated rings. The number of benzene rings is 4. The molecule has 5 rings (SSSR count). The minimum Gasteiger partial charge on any atom is -0.321 e. The molecule has 148 valence electrons. The van der Waals surface area contributed by atoms with Crippen molar-refractivity contribution in [2.24, 2.45) is 0 Å². The first kappa shape index (κ1) is 18.8. The van der Waals surface area contributed by atoms with Crippen LogP contribution in [0.2, 0.25) is 0 Å². The van der Waals surface area contributed by atoms with Crippen LogP contribution in [0.3, 0.4) is 0 Å². The Morgan fingerprint density at radius 2 is 1.43 bits per heavy atom. The van der Waals surface area contributed by atoms with Crippen LogP contribution in [-0.4, -0.2) is 14.4 Å². The third kappa shape index (κ3) is 3.16. The summed E-state index contributed by atoms with van der Waals surface area (Å²) in [4.78, 5) is 18.7. The average Bonchev–Trinajstić information content (AvgIpc) is 3.07. The third-order valence-electron chi connectivity index (χ3n) is 5.47. The lowest BCUT2D eigenvalue weighted by molar-refractivity contribution is 0.387. The number of fused-ring (bicyclic) bond motifs is 3. The first-order chi connectivity index (χ1) is 14.4. The highest BCUT2D eigenvalue weighted by molar-refractivity contribution is 7.60. The van der Waals surface area contributed by atoms with Gasteiger partial charge >= 0.3 is 7.60 Å². The molecule has 0 amide bonds. The molecule has 0 saturated heterocycles. The number of aromatic nitrogens is 1. The van der Waals surface area contributed by atoms with Crippen molar-refractivity contribution < 1.29 is 14.4 Å². The van der Waals surface area contributed by atoms with Crippen LogP contribution >= 0.6 is 7.60 Å². The predicted molar refractivity (Wildman–Crippen MR) is 123 cm³/mol. The Morgan fingerprint density at radius 3 is 2.20 bits per heavy atom. The molecule has 4 nitrogen and oxygen atoms in total. The van der Waals surface area contributed by atoms with Crippen molar-refractivity contribution in [2.75, 3.05) is 0 Å². The van der Waals surface area contributed by atoms with Crippen LogP contribution in [0.15, 0.2) is 91.0 Å².